The number of H-pyrrole nitrogens is 1. The van der Waals surface area contributed by atoms with Gasteiger partial charge in [-0.2, -0.15) is 4.98 Å². The molecule has 0 saturated heterocycles. The average Bonchev–Trinajstić information content (AvgIpc) is 3.08. The van der Waals surface area contributed by atoms with Gasteiger partial charge in [0.25, 0.3) is 5.56 Å². The molecule has 1 aliphatic carbocycles. The molecule has 128 valence electrons. The normalized spacial score (nSPS) is 23.8. The van der Waals surface area contributed by atoms with Crippen LogP contribution in [0.3, 0.4) is 0 Å². The fourth-order valence-corrected chi connectivity index (χ4v) is 3.10. The maximum absolute atomic E-state index is 11.9. The monoisotopic (exact) mass is 333 g/mol. The number of nitrogen functional groups attached to an aromatic ring is 1. The summed E-state index contributed by atoms with van der Waals surface area (Å²) in [5.74, 6) is -0.714. The standard InChI is InChI=1S/C15H19N5O4/c1-3-11(22)24-10-4-9(7(2)8(10)5-21)20-6-17-12-13(20)18-15(16)19-14(12)23/h6,8-10,21H,2-5H2,1H3,(H3,16,18,19,23)/t8-,9-,10-/m0/s1. The number of nitrogens with one attached hydrogen (secondary N) is 1. The Kier molecular flexibility index (Phi) is 4.10. The van der Waals surface area contributed by atoms with Crippen molar-refractivity contribution in [2.24, 2.45) is 5.92 Å². The van der Waals surface area contributed by atoms with Crippen molar-refractivity contribution in [3.05, 3.63) is 28.8 Å². The van der Waals surface area contributed by atoms with E-state index in [1.165, 1.54) is 6.33 Å². The lowest BCUT2D eigenvalue weighted by atomic mass is 10.0. The average molecular weight is 333 g/mol. The Balaban J connectivity index is 1.99. The zero-order chi connectivity index (χ0) is 17.4. The Bertz CT molecular complexity index is 855. The van der Waals surface area contributed by atoms with Crippen molar-refractivity contribution in [3.63, 3.8) is 0 Å². The topological polar surface area (TPSA) is 136 Å². The molecule has 1 aliphatic rings. The van der Waals surface area contributed by atoms with Gasteiger partial charge in [0.05, 0.1) is 19.0 Å². The first-order valence-corrected chi connectivity index (χ1v) is 7.67. The maximum Gasteiger partial charge on any atom is 0.305 e. The van der Waals surface area contributed by atoms with Gasteiger partial charge in [-0.05, 0) is 5.57 Å². The number of anilines is 1. The van der Waals surface area contributed by atoms with Crippen molar-refractivity contribution in [2.75, 3.05) is 12.3 Å². The van der Waals surface area contributed by atoms with E-state index < -0.39 is 11.7 Å². The highest BCUT2D eigenvalue weighted by atomic mass is 16.5. The molecule has 0 amide bonds. The van der Waals surface area contributed by atoms with Gasteiger partial charge in [-0.1, -0.05) is 13.5 Å². The highest BCUT2D eigenvalue weighted by Gasteiger charge is 2.41. The predicted octanol–water partition coefficient (Wildman–Crippen LogP) is 0.133. The van der Waals surface area contributed by atoms with Crippen LogP contribution in [0.25, 0.3) is 11.2 Å². The lowest BCUT2D eigenvalue weighted by molar-refractivity contribution is -0.150. The van der Waals surface area contributed by atoms with E-state index in [-0.39, 0.29) is 42.4 Å². The molecule has 1 fully saturated rings. The van der Waals surface area contributed by atoms with Crippen molar-refractivity contribution in [1.29, 1.82) is 0 Å². The van der Waals surface area contributed by atoms with E-state index in [1.807, 2.05) is 0 Å². The molecule has 3 atom stereocenters. The number of aromatic nitrogens is 4. The zero-order valence-electron chi connectivity index (χ0n) is 13.2. The second-order valence-electron chi connectivity index (χ2n) is 5.77. The first-order valence-electron chi connectivity index (χ1n) is 7.67. The summed E-state index contributed by atoms with van der Waals surface area (Å²) >= 11 is 0. The first kappa shape index (κ1) is 16.2. The van der Waals surface area contributed by atoms with Crippen LogP contribution in [-0.4, -0.2) is 43.3 Å². The molecule has 2 aromatic rings. The number of fused-ring (bicyclic) bond motifs is 1. The molecule has 9 nitrogen and oxygen atoms in total. The molecule has 0 bridgehead atoms. The Morgan fingerprint density at radius 1 is 1.62 bits per heavy atom. The number of esters is 1. The van der Waals surface area contributed by atoms with Crippen molar-refractivity contribution in [1.82, 2.24) is 19.5 Å². The van der Waals surface area contributed by atoms with Crippen molar-refractivity contribution < 1.29 is 14.6 Å². The van der Waals surface area contributed by atoms with E-state index in [4.69, 9.17) is 10.5 Å². The third kappa shape index (κ3) is 2.56. The molecule has 0 unspecified atom stereocenters. The van der Waals surface area contributed by atoms with Crippen LogP contribution in [0, 0.1) is 5.92 Å². The molecule has 9 heteroatoms. The van der Waals surface area contributed by atoms with Gasteiger partial charge in [-0.15, -0.1) is 0 Å². The van der Waals surface area contributed by atoms with Gasteiger partial charge in [0, 0.05) is 18.8 Å². The van der Waals surface area contributed by atoms with Gasteiger partial charge < -0.3 is 20.1 Å². The molecular formula is C15H19N5O4. The molecule has 3 rings (SSSR count). The zero-order valence-corrected chi connectivity index (χ0v) is 13.2. The van der Waals surface area contributed by atoms with Gasteiger partial charge in [-0.3, -0.25) is 14.6 Å². The van der Waals surface area contributed by atoms with Crippen molar-refractivity contribution >= 4 is 23.1 Å². The summed E-state index contributed by atoms with van der Waals surface area (Å²) in [6, 6.07) is -0.296. The highest BCUT2D eigenvalue weighted by molar-refractivity contribution is 5.71. The van der Waals surface area contributed by atoms with E-state index in [9.17, 15) is 14.7 Å². The third-order valence-electron chi connectivity index (χ3n) is 4.36. The molecular weight excluding hydrogens is 314 g/mol. The Labute approximate surface area is 137 Å². The van der Waals surface area contributed by atoms with Gasteiger partial charge in [0.1, 0.15) is 6.10 Å². The van der Waals surface area contributed by atoms with Crippen molar-refractivity contribution in [2.45, 2.75) is 31.9 Å². The summed E-state index contributed by atoms with van der Waals surface area (Å²) in [4.78, 5) is 34.1. The molecule has 0 radical (unpaired) electrons. The fraction of sp³-hybridized carbons (Fsp3) is 0.467. The van der Waals surface area contributed by atoms with E-state index in [0.717, 1.165) is 0 Å². The summed E-state index contributed by atoms with van der Waals surface area (Å²) in [7, 11) is 0. The second-order valence-corrected chi connectivity index (χ2v) is 5.77. The number of aromatic amines is 1. The number of ether oxygens (including phenoxy) is 1. The van der Waals surface area contributed by atoms with Crippen molar-refractivity contribution in [3.8, 4) is 0 Å². The minimum Gasteiger partial charge on any atom is -0.462 e. The summed E-state index contributed by atoms with van der Waals surface area (Å²) in [5, 5.41) is 9.64. The first-order chi connectivity index (χ1) is 11.5. The number of hydrogen-bond donors (Lipinski definition) is 3. The van der Waals surface area contributed by atoms with Gasteiger partial charge in [0.15, 0.2) is 11.2 Å². The summed E-state index contributed by atoms with van der Waals surface area (Å²) in [5.41, 5.74) is 6.40. The van der Waals surface area contributed by atoms with Crippen LogP contribution < -0.4 is 11.3 Å². The SMILES string of the molecule is C=C1[C@H](CO)[C@@H](OC(=O)CC)C[C@@H]1n1cnc2c(=O)[nH]c(N)nc21. The largest absolute Gasteiger partial charge is 0.462 e. The molecule has 2 aromatic heterocycles. The van der Waals surface area contributed by atoms with Crippen LogP contribution in [0.1, 0.15) is 25.8 Å². The van der Waals surface area contributed by atoms with E-state index in [2.05, 4.69) is 21.5 Å². The molecule has 4 N–H and O–H groups in total. The number of hydrogen-bond acceptors (Lipinski definition) is 7. The second kappa shape index (κ2) is 6.08. The number of rotatable bonds is 4. The van der Waals surface area contributed by atoms with Gasteiger partial charge >= 0.3 is 5.97 Å². The quantitative estimate of drug-likeness (QED) is 0.534. The Hall–Kier alpha value is -2.68. The van der Waals surface area contributed by atoms with E-state index in [1.54, 1.807) is 11.5 Å². The lowest BCUT2D eigenvalue weighted by Crippen LogP contribution is -2.24. The lowest BCUT2D eigenvalue weighted by Gasteiger charge is -2.17. The van der Waals surface area contributed by atoms with Gasteiger partial charge in [-0.25, -0.2) is 4.98 Å². The number of imidazole rings is 1. The van der Waals surface area contributed by atoms with Crippen LogP contribution in [0.4, 0.5) is 5.95 Å². The minimum absolute atomic E-state index is 0.00877. The van der Waals surface area contributed by atoms with Crippen LogP contribution >= 0.6 is 0 Å². The van der Waals surface area contributed by atoms with Crippen LogP contribution in [0.5, 0.6) is 0 Å². The minimum atomic E-state index is -0.475. The molecule has 1 saturated carbocycles. The van der Waals surface area contributed by atoms with E-state index >= 15 is 0 Å². The Morgan fingerprint density at radius 3 is 3.04 bits per heavy atom. The summed E-state index contributed by atoms with van der Waals surface area (Å²) < 4.78 is 7.10. The number of carbonyl (C=O) groups is 1. The number of nitrogens with zero attached hydrogens (tertiary/aromatic N) is 3. The molecule has 0 aliphatic heterocycles. The van der Waals surface area contributed by atoms with Crippen LogP contribution in [0.2, 0.25) is 0 Å². The molecule has 0 spiro atoms. The van der Waals surface area contributed by atoms with E-state index in [0.29, 0.717) is 17.6 Å². The van der Waals surface area contributed by atoms with Crippen LogP contribution in [-0.2, 0) is 9.53 Å². The Morgan fingerprint density at radius 2 is 2.38 bits per heavy atom. The number of aliphatic hydroxyl groups excluding tert-OH is 1. The van der Waals surface area contributed by atoms with Crippen LogP contribution in [0.15, 0.2) is 23.3 Å². The summed E-state index contributed by atoms with van der Waals surface area (Å²) in [6.45, 7) is 5.56. The molecule has 2 heterocycles. The van der Waals surface area contributed by atoms with Gasteiger partial charge in [0.2, 0.25) is 5.95 Å². The molecule has 24 heavy (non-hydrogen) atoms. The number of nitrogens with two attached hydrogens (primary N) is 1. The number of aliphatic hydroxyl groups is 1. The number of carbonyl (C=O) groups excluding carboxylic acids is 1. The fourth-order valence-electron chi connectivity index (χ4n) is 3.10. The predicted molar refractivity (Wildman–Crippen MR) is 86.1 cm³/mol. The highest BCUT2D eigenvalue weighted by Crippen LogP contribution is 2.41. The smallest absolute Gasteiger partial charge is 0.305 e. The molecule has 0 aromatic carbocycles. The maximum atomic E-state index is 11.9. The third-order valence-corrected chi connectivity index (χ3v) is 4.36. The summed E-state index contributed by atoms with van der Waals surface area (Å²) in [6.07, 6.45) is 1.69.